The number of hydrogen-bond acceptors (Lipinski definition) is 5. The molecule has 2 atom stereocenters. The second kappa shape index (κ2) is 7.02. The summed E-state index contributed by atoms with van der Waals surface area (Å²) in [5.41, 5.74) is -0.990. The number of hydrogen-bond donors (Lipinski definition) is 3. The zero-order valence-electron chi connectivity index (χ0n) is 11.9. The van der Waals surface area contributed by atoms with E-state index in [1.165, 1.54) is 11.3 Å². The molecular formula is C14H20N2O4S. The van der Waals surface area contributed by atoms with E-state index in [1.54, 1.807) is 19.1 Å². The van der Waals surface area contributed by atoms with Crippen LogP contribution in [0.4, 0.5) is 0 Å². The summed E-state index contributed by atoms with van der Waals surface area (Å²) in [6.45, 7) is 2.74. The zero-order valence-corrected chi connectivity index (χ0v) is 12.7. The topological polar surface area (TPSA) is 87.7 Å². The van der Waals surface area contributed by atoms with Crippen molar-refractivity contribution in [2.75, 3.05) is 19.7 Å². The SMILES string of the molecule is CC1OCCC1(O)CNC(=O)CCNC(=O)c1cccs1. The lowest BCUT2D eigenvalue weighted by Crippen LogP contribution is -2.47. The number of thiophene rings is 1. The van der Waals surface area contributed by atoms with Gasteiger partial charge in [0.05, 0.1) is 11.0 Å². The van der Waals surface area contributed by atoms with E-state index < -0.39 is 5.60 Å². The summed E-state index contributed by atoms with van der Waals surface area (Å²) in [5.74, 6) is -0.372. The van der Waals surface area contributed by atoms with Gasteiger partial charge in [-0.3, -0.25) is 9.59 Å². The van der Waals surface area contributed by atoms with Crippen LogP contribution in [0.2, 0.25) is 0 Å². The summed E-state index contributed by atoms with van der Waals surface area (Å²) in [6.07, 6.45) is 0.419. The van der Waals surface area contributed by atoms with Crippen molar-refractivity contribution in [3.05, 3.63) is 22.4 Å². The van der Waals surface area contributed by atoms with Crippen LogP contribution in [0.25, 0.3) is 0 Å². The van der Waals surface area contributed by atoms with E-state index in [-0.39, 0.29) is 37.4 Å². The molecule has 2 rings (SSSR count). The summed E-state index contributed by atoms with van der Waals surface area (Å²) >= 11 is 1.36. The van der Waals surface area contributed by atoms with Crippen molar-refractivity contribution in [1.29, 1.82) is 0 Å². The van der Waals surface area contributed by atoms with Gasteiger partial charge in [-0.1, -0.05) is 6.07 Å². The molecule has 0 aliphatic carbocycles. The Hall–Kier alpha value is -1.44. The van der Waals surface area contributed by atoms with Crippen molar-refractivity contribution in [2.24, 2.45) is 0 Å². The molecule has 1 aromatic rings. The van der Waals surface area contributed by atoms with Crippen LogP contribution in [0.3, 0.4) is 0 Å². The van der Waals surface area contributed by atoms with Crippen molar-refractivity contribution in [2.45, 2.75) is 31.5 Å². The summed E-state index contributed by atoms with van der Waals surface area (Å²) in [5, 5.41) is 17.4. The third kappa shape index (κ3) is 4.26. The molecule has 1 saturated heterocycles. The fraction of sp³-hybridized carbons (Fsp3) is 0.571. The number of rotatable bonds is 6. The smallest absolute Gasteiger partial charge is 0.261 e. The Kier molecular flexibility index (Phi) is 5.33. The Labute approximate surface area is 127 Å². The molecule has 1 aromatic heterocycles. The van der Waals surface area contributed by atoms with Gasteiger partial charge in [-0.05, 0) is 18.4 Å². The van der Waals surface area contributed by atoms with Gasteiger partial charge < -0.3 is 20.5 Å². The molecule has 1 fully saturated rings. The minimum absolute atomic E-state index is 0.172. The maximum Gasteiger partial charge on any atom is 0.261 e. The van der Waals surface area contributed by atoms with Gasteiger partial charge in [-0.2, -0.15) is 0 Å². The van der Waals surface area contributed by atoms with Crippen LogP contribution >= 0.6 is 11.3 Å². The molecule has 0 radical (unpaired) electrons. The molecule has 0 spiro atoms. The monoisotopic (exact) mass is 312 g/mol. The first kappa shape index (κ1) is 15.9. The van der Waals surface area contributed by atoms with Crippen molar-refractivity contribution < 1.29 is 19.4 Å². The number of aliphatic hydroxyl groups is 1. The first-order valence-corrected chi connectivity index (χ1v) is 7.81. The largest absolute Gasteiger partial charge is 0.385 e. The molecule has 3 N–H and O–H groups in total. The Morgan fingerprint density at radius 2 is 2.33 bits per heavy atom. The van der Waals surface area contributed by atoms with Crippen molar-refractivity contribution in [3.8, 4) is 0 Å². The maximum atomic E-state index is 11.7. The lowest BCUT2D eigenvalue weighted by molar-refractivity contribution is -0.122. The average Bonchev–Trinajstić information content (AvgIpc) is 3.08. The van der Waals surface area contributed by atoms with Crippen LogP contribution in [-0.4, -0.2) is 48.3 Å². The van der Waals surface area contributed by atoms with Crippen molar-refractivity contribution >= 4 is 23.2 Å². The van der Waals surface area contributed by atoms with E-state index in [9.17, 15) is 14.7 Å². The van der Waals surface area contributed by atoms with Crippen LogP contribution in [0, 0.1) is 0 Å². The van der Waals surface area contributed by atoms with Gasteiger partial charge in [0.2, 0.25) is 5.91 Å². The Morgan fingerprint density at radius 1 is 1.52 bits per heavy atom. The van der Waals surface area contributed by atoms with Gasteiger partial charge in [0.15, 0.2) is 0 Å². The second-order valence-electron chi connectivity index (χ2n) is 5.13. The van der Waals surface area contributed by atoms with Gasteiger partial charge in [0, 0.05) is 32.5 Å². The van der Waals surface area contributed by atoms with E-state index in [2.05, 4.69) is 10.6 Å². The zero-order chi connectivity index (χ0) is 15.3. The van der Waals surface area contributed by atoms with Gasteiger partial charge in [0.1, 0.15) is 5.60 Å². The number of carbonyl (C=O) groups is 2. The summed E-state index contributed by atoms with van der Waals surface area (Å²) < 4.78 is 5.30. The molecule has 2 unspecified atom stereocenters. The first-order chi connectivity index (χ1) is 10.0. The summed E-state index contributed by atoms with van der Waals surface area (Å²) in [4.78, 5) is 24.0. The second-order valence-corrected chi connectivity index (χ2v) is 6.07. The number of nitrogens with one attached hydrogen (secondary N) is 2. The highest BCUT2D eigenvalue weighted by Crippen LogP contribution is 2.24. The normalized spacial score (nSPS) is 24.8. The summed E-state index contributed by atoms with van der Waals surface area (Å²) in [7, 11) is 0. The van der Waals surface area contributed by atoms with Crippen LogP contribution in [-0.2, 0) is 9.53 Å². The first-order valence-electron chi connectivity index (χ1n) is 6.94. The van der Waals surface area contributed by atoms with Crippen LogP contribution in [0.5, 0.6) is 0 Å². The van der Waals surface area contributed by atoms with Crippen LogP contribution < -0.4 is 10.6 Å². The molecule has 7 heteroatoms. The van der Waals surface area contributed by atoms with E-state index >= 15 is 0 Å². The van der Waals surface area contributed by atoms with E-state index in [0.717, 1.165) is 0 Å². The Balaban J connectivity index is 1.65. The van der Waals surface area contributed by atoms with Crippen molar-refractivity contribution in [3.63, 3.8) is 0 Å². The fourth-order valence-corrected chi connectivity index (χ4v) is 2.77. The highest BCUT2D eigenvalue weighted by Gasteiger charge is 2.39. The molecule has 0 bridgehead atoms. The van der Waals surface area contributed by atoms with Crippen LogP contribution in [0.1, 0.15) is 29.4 Å². The maximum absolute atomic E-state index is 11.7. The molecule has 2 heterocycles. The third-order valence-electron chi connectivity index (χ3n) is 3.63. The quantitative estimate of drug-likeness (QED) is 0.715. The Bertz CT molecular complexity index is 491. The number of carbonyl (C=O) groups excluding carboxylic acids is 2. The fourth-order valence-electron chi connectivity index (χ4n) is 2.13. The van der Waals surface area contributed by atoms with Gasteiger partial charge in [0.25, 0.3) is 5.91 Å². The molecule has 2 amide bonds. The molecule has 6 nitrogen and oxygen atoms in total. The van der Waals surface area contributed by atoms with E-state index in [1.807, 2.05) is 5.38 Å². The molecule has 116 valence electrons. The number of amides is 2. The average molecular weight is 312 g/mol. The molecule has 1 aliphatic heterocycles. The Morgan fingerprint density at radius 3 is 2.95 bits per heavy atom. The highest BCUT2D eigenvalue weighted by molar-refractivity contribution is 7.12. The lowest BCUT2D eigenvalue weighted by Gasteiger charge is -2.26. The number of ether oxygens (including phenoxy) is 1. The van der Waals surface area contributed by atoms with Crippen molar-refractivity contribution in [1.82, 2.24) is 10.6 Å². The standard InChI is InChI=1S/C14H20N2O4S/c1-10-14(19,5-7-20-10)9-16-12(17)4-6-15-13(18)11-3-2-8-21-11/h2-3,8,10,19H,4-7,9H2,1H3,(H,15,18)(H,16,17). The van der Waals surface area contributed by atoms with Gasteiger partial charge in [-0.15, -0.1) is 11.3 Å². The molecule has 0 aromatic carbocycles. The van der Waals surface area contributed by atoms with Gasteiger partial charge >= 0.3 is 0 Å². The lowest BCUT2D eigenvalue weighted by atomic mass is 9.97. The minimum atomic E-state index is -0.990. The van der Waals surface area contributed by atoms with Crippen LogP contribution in [0.15, 0.2) is 17.5 Å². The molecule has 0 saturated carbocycles. The highest BCUT2D eigenvalue weighted by atomic mass is 32.1. The molecule has 21 heavy (non-hydrogen) atoms. The van der Waals surface area contributed by atoms with E-state index in [4.69, 9.17) is 4.74 Å². The predicted octanol–water partition coefficient (Wildman–Crippen LogP) is 0.524. The minimum Gasteiger partial charge on any atom is -0.385 e. The molecule has 1 aliphatic rings. The third-order valence-corrected chi connectivity index (χ3v) is 4.50. The summed E-state index contributed by atoms with van der Waals surface area (Å²) in [6, 6.07) is 3.54. The van der Waals surface area contributed by atoms with Gasteiger partial charge in [-0.25, -0.2) is 0 Å². The molecular weight excluding hydrogens is 292 g/mol. The van der Waals surface area contributed by atoms with E-state index in [0.29, 0.717) is 17.9 Å². The predicted molar refractivity (Wildman–Crippen MR) is 79.3 cm³/mol.